The number of nitrogens with zero attached hydrogens (tertiary/aromatic N) is 2. The van der Waals surface area contributed by atoms with Gasteiger partial charge in [-0.05, 0) is 18.9 Å². The normalized spacial score (nSPS) is 21.0. The molecular formula is C16H18N4O2. The summed E-state index contributed by atoms with van der Waals surface area (Å²) in [6.07, 6.45) is 0.611. The third-order valence-electron chi connectivity index (χ3n) is 4.24. The van der Waals surface area contributed by atoms with Gasteiger partial charge in [0.25, 0.3) is 5.56 Å². The Labute approximate surface area is 128 Å². The maximum atomic E-state index is 12.1. The summed E-state index contributed by atoms with van der Waals surface area (Å²) in [6.45, 7) is 2.80. The maximum Gasteiger partial charge on any atom is 0.252 e. The standard InChI is InChI=1S/C16H18N4O2/c1-11-18-13(9-14(21)19-11)20-8-7-16(10-20,15(17)22)12-5-3-2-4-6-12/h2-6,9H,7-8,10H2,1H3,(H2,17,22)(H,18,19,21). The molecule has 0 radical (unpaired) electrons. The number of hydrogen-bond acceptors (Lipinski definition) is 4. The van der Waals surface area contributed by atoms with Crippen molar-refractivity contribution in [2.75, 3.05) is 18.0 Å². The highest BCUT2D eigenvalue weighted by atomic mass is 16.1. The molecule has 1 saturated heterocycles. The third-order valence-corrected chi connectivity index (χ3v) is 4.24. The summed E-state index contributed by atoms with van der Waals surface area (Å²) in [4.78, 5) is 32.7. The Morgan fingerprint density at radius 2 is 2.09 bits per heavy atom. The number of aryl methyl sites for hydroxylation is 1. The van der Waals surface area contributed by atoms with Gasteiger partial charge in [0.15, 0.2) is 0 Å². The first-order chi connectivity index (χ1) is 10.5. The van der Waals surface area contributed by atoms with Crippen molar-refractivity contribution in [3.63, 3.8) is 0 Å². The summed E-state index contributed by atoms with van der Waals surface area (Å²) in [5.74, 6) is 0.793. The van der Waals surface area contributed by atoms with E-state index in [0.717, 1.165) is 5.56 Å². The molecule has 3 N–H and O–H groups in total. The number of amides is 1. The van der Waals surface area contributed by atoms with Crippen LogP contribution in [0.15, 0.2) is 41.2 Å². The van der Waals surface area contributed by atoms with Crippen molar-refractivity contribution >= 4 is 11.7 Å². The van der Waals surface area contributed by atoms with Crippen molar-refractivity contribution in [1.29, 1.82) is 0 Å². The molecule has 0 spiro atoms. The van der Waals surface area contributed by atoms with Crippen LogP contribution in [-0.4, -0.2) is 29.0 Å². The van der Waals surface area contributed by atoms with E-state index < -0.39 is 5.41 Å². The lowest BCUT2D eigenvalue weighted by molar-refractivity contribution is -0.122. The molecule has 1 atom stereocenters. The van der Waals surface area contributed by atoms with Crippen molar-refractivity contribution in [2.45, 2.75) is 18.8 Å². The lowest BCUT2D eigenvalue weighted by atomic mass is 9.79. The molecule has 3 rings (SSSR count). The number of hydrogen-bond donors (Lipinski definition) is 2. The zero-order chi connectivity index (χ0) is 15.7. The second kappa shape index (κ2) is 5.29. The van der Waals surface area contributed by atoms with Gasteiger partial charge in [-0.1, -0.05) is 30.3 Å². The van der Waals surface area contributed by atoms with Gasteiger partial charge in [0, 0.05) is 19.2 Å². The number of nitrogens with one attached hydrogen (secondary N) is 1. The van der Waals surface area contributed by atoms with E-state index in [2.05, 4.69) is 9.97 Å². The van der Waals surface area contributed by atoms with Crippen LogP contribution in [0.3, 0.4) is 0 Å². The fraction of sp³-hybridized carbons (Fsp3) is 0.312. The molecule has 1 aromatic heterocycles. The number of aromatic nitrogens is 2. The molecule has 114 valence electrons. The summed E-state index contributed by atoms with van der Waals surface area (Å²) in [5, 5.41) is 0. The molecule has 1 aliphatic rings. The van der Waals surface area contributed by atoms with E-state index in [1.165, 1.54) is 6.07 Å². The number of primary amides is 1. The minimum absolute atomic E-state index is 0.196. The summed E-state index contributed by atoms with van der Waals surface area (Å²) in [5.41, 5.74) is 5.69. The van der Waals surface area contributed by atoms with Crippen molar-refractivity contribution < 1.29 is 4.79 Å². The van der Waals surface area contributed by atoms with Crippen LogP contribution in [0.2, 0.25) is 0 Å². The van der Waals surface area contributed by atoms with Gasteiger partial charge in [-0.25, -0.2) is 4.98 Å². The molecule has 2 heterocycles. The molecule has 1 unspecified atom stereocenters. The number of H-pyrrole nitrogens is 1. The van der Waals surface area contributed by atoms with Gasteiger partial charge in [0.1, 0.15) is 11.6 Å². The van der Waals surface area contributed by atoms with E-state index in [-0.39, 0.29) is 11.5 Å². The number of benzene rings is 1. The van der Waals surface area contributed by atoms with E-state index in [0.29, 0.717) is 31.2 Å². The summed E-state index contributed by atoms with van der Waals surface area (Å²) in [7, 11) is 0. The minimum atomic E-state index is -0.737. The second-order valence-electron chi connectivity index (χ2n) is 5.67. The van der Waals surface area contributed by atoms with Gasteiger partial charge < -0.3 is 15.6 Å². The molecule has 0 aliphatic carbocycles. The van der Waals surface area contributed by atoms with Crippen molar-refractivity contribution in [3.8, 4) is 0 Å². The Balaban J connectivity index is 1.97. The van der Waals surface area contributed by atoms with Crippen LogP contribution in [0.5, 0.6) is 0 Å². The molecule has 6 nitrogen and oxygen atoms in total. The highest BCUT2D eigenvalue weighted by Gasteiger charge is 2.45. The molecule has 22 heavy (non-hydrogen) atoms. The Bertz CT molecular complexity index is 756. The molecule has 1 aromatic carbocycles. The van der Waals surface area contributed by atoms with E-state index >= 15 is 0 Å². The summed E-state index contributed by atoms with van der Waals surface area (Å²) >= 11 is 0. The Hall–Kier alpha value is -2.63. The van der Waals surface area contributed by atoms with Crippen LogP contribution in [-0.2, 0) is 10.2 Å². The first-order valence-electron chi connectivity index (χ1n) is 7.20. The number of nitrogens with two attached hydrogens (primary N) is 1. The maximum absolute atomic E-state index is 12.1. The Morgan fingerprint density at radius 3 is 2.73 bits per heavy atom. The lowest BCUT2D eigenvalue weighted by Crippen LogP contribution is -2.43. The minimum Gasteiger partial charge on any atom is -0.369 e. The van der Waals surface area contributed by atoms with Crippen LogP contribution < -0.4 is 16.2 Å². The molecule has 1 fully saturated rings. The average Bonchev–Trinajstić information content (AvgIpc) is 2.94. The van der Waals surface area contributed by atoms with Gasteiger partial charge in [-0.15, -0.1) is 0 Å². The topological polar surface area (TPSA) is 92.1 Å². The van der Waals surface area contributed by atoms with Crippen molar-refractivity contribution in [3.05, 3.63) is 58.1 Å². The molecule has 6 heteroatoms. The average molecular weight is 298 g/mol. The summed E-state index contributed by atoms with van der Waals surface area (Å²) in [6, 6.07) is 11.0. The van der Waals surface area contributed by atoms with Crippen LogP contribution in [0, 0.1) is 6.92 Å². The fourth-order valence-electron chi connectivity index (χ4n) is 3.07. The third kappa shape index (κ3) is 2.36. The Kier molecular flexibility index (Phi) is 3.44. The number of rotatable bonds is 3. The van der Waals surface area contributed by atoms with E-state index in [1.807, 2.05) is 35.2 Å². The van der Waals surface area contributed by atoms with Crippen LogP contribution in [0.1, 0.15) is 17.8 Å². The van der Waals surface area contributed by atoms with Crippen LogP contribution in [0.4, 0.5) is 5.82 Å². The van der Waals surface area contributed by atoms with Crippen LogP contribution >= 0.6 is 0 Å². The number of anilines is 1. The molecule has 1 aliphatic heterocycles. The Morgan fingerprint density at radius 1 is 1.36 bits per heavy atom. The SMILES string of the molecule is Cc1nc(N2CCC(C(N)=O)(c3ccccc3)C2)cc(=O)[nH]1. The number of aromatic amines is 1. The fourth-order valence-corrected chi connectivity index (χ4v) is 3.07. The predicted octanol–water partition coefficient (Wildman–Crippen LogP) is 0.712. The van der Waals surface area contributed by atoms with E-state index in [9.17, 15) is 9.59 Å². The van der Waals surface area contributed by atoms with Gasteiger partial charge in [-0.2, -0.15) is 0 Å². The van der Waals surface area contributed by atoms with E-state index in [1.54, 1.807) is 6.92 Å². The molecule has 0 saturated carbocycles. The van der Waals surface area contributed by atoms with Gasteiger partial charge in [-0.3, -0.25) is 9.59 Å². The largest absolute Gasteiger partial charge is 0.369 e. The molecule has 2 aromatic rings. The molecule has 1 amide bonds. The van der Waals surface area contributed by atoms with Gasteiger partial charge >= 0.3 is 0 Å². The summed E-state index contributed by atoms with van der Waals surface area (Å²) < 4.78 is 0. The first kappa shape index (κ1) is 14.3. The second-order valence-corrected chi connectivity index (χ2v) is 5.67. The monoisotopic (exact) mass is 298 g/mol. The van der Waals surface area contributed by atoms with Gasteiger partial charge in [0.05, 0.1) is 5.41 Å². The molecular weight excluding hydrogens is 280 g/mol. The number of carbonyl (C=O) groups excluding carboxylic acids is 1. The van der Waals surface area contributed by atoms with Gasteiger partial charge in [0.2, 0.25) is 5.91 Å². The highest BCUT2D eigenvalue weighted by Crippen LogP contribution is 2.35. The quantitative estimate of drug-likeness (QED) is 0.873. The van der Waals surface area contributed by atoms with Crippen LogP contribution in [0.25, 0.3) is 0 Å². The lowest BCUT2D eigenvalue weighted by Gasteiger charge is -2.26. The number of carbonyl (C=O) groups is 1. The van der Waals surface area contributed by atoms with Crippen molar-refractivity contribution in [1.82, 2.24) is 9.97 Å². The van der Waals surface area contributed by atoms with E-state index in [4.69, 9.17) is 5.73 Å². The van der Waals surface area contributed by atoms with Crippen molar-refractivity contribution in [2.24, 2.45) is 5.73 Å². The predicted molar refractivity (Wildman–Crippen MR) is 83.7 cm³/mol. The smallest absolute Gasteiger partial charge is 0.252 e. The zero-order valence-electron chi connectivity index (χ0n) is 12.4. The highest BCUT2D eigenvalue weighted by molar-refractivity contribution is 5.88. The molecule has 0 bridgehead atoms. The first-order valence-corrected chi connectivity index (χ1v) is 7.20. The zero-order valence-corrected chi connectivity index (χ0v) is 12.4.